The topological polar surface area (TPSA) is 38.7 Å². The van der Waals surface area contributed by atoms with E-state index in [4.69, 9.17) is 23.2 Å². The molecule has 0 radical (unpaired) electrons. The Morgan fingerprint density at radius 3 is 2.77 bits per heavy atom. The third-order valence-corrected chi connectivity index (χ3v) is 2.42. The lowest BCUT2D eigenvalue weighted by atomic mass is 10.4. The molecule has 0 spiro atoms. The van der Waals surface area contributed by atoms with E-state index >= 15 is 0 Å². The first-order valence-electron chi connectivity index (χ1n) is 3.31. The maximum Gasteiger partial charge on any atom is 0.223 e. The van der Waals surface area contributed by atoms with Crippen LogP contribution < -0.4 is 0 Å². The molecular weight excluding hydrogens is 277 g/mol. The Balaban J connectivity index is 2.87. The van der Waals surface area contributed by atoms with Gasteiger partial charge in [-0.25, -0.2) is 15.0 Å². The first-order chi connectivity index (χ1) is 6.16. The molecular formula is C7H2BrCl2N3. The van der Waals surface area contributed by atoms with Gasteiger partial charge in [-0.05, 0) is 33.6 Å². The van der Waals surface area contributed by atoms with Gasteiger partial charge in [-0.15, -0.1) is 0 Å². The van der Waals surface area contributed by atoms with Crippen molar-refractivity contribution in [3.05, 3.63) is 27.2 Å². The molecule has 13 heavy (non-hydrogen) atoms. The molecule has 0 aliphatic rings. The lowest BCUT2D eigenvalue weighted by Crippen LogP contribution is -1.88. The van der Waals surface area contributed by atoms with Crippen LogP contribution in [0.4, 0.5) is 0 Å². The number of rotatable bonds is 0. The highest BCUT2D eigenvalue weighted by Crippen LogP contribution is 2.24. The molecule has 0 N–H and O–H groups in total. The van der Waals surface area contributed by atoms with Gasteiger partial charge in [0.15, 0.2) is 0 Å². The fraction of sp³-hybridized carbons (Fsp3) is 0. The van der Waals surface area contributed by atoms with E-state index < -0.39 is 0 Å². The number of pyridine rings is 1. The molecule has 2 aromatic heterocycles. The van der Waals surface area contributed by atoms with Crippen molar-refractivity contribution >= 4 is 50.2 Å². The summed E-state index contributed by atoms with van der Waals surface area (Å²) in [5, 5.41) is 0.586. The first kappa shape index (κ1) is 9.12. The largest absolute Gasteiger partial charge is 0.233 e. The summed E-state index contributed by atoms with van der Waals surface area (Å²) in [6.45, 7) is 0. The summed E-state index contributed by atoms with van der Waals surface area (Å²) in [6.07, 6.45) is 1.53. The molecule has 3 nitrogen and oxygen atoms in total. The third-order valence-electron chi connectivity index (χ3n) is 1.44. The number of hydrogen-bond donors (Lipinski definition) is 0. The monoisotopic (exact) mass is 277 g/mol. The summed E-state index contributed by atoms with van der Waals surface area (Å²) in [5.74, 6) is 0. The number of hydrogen-bond acceptors (Lipinski definition) is 3. The van der Waals surface area contributed by atoms with E-state index in [1.165, 1.54) is 6.20 Å². The lowest BCUT2D eigenvalue weighted by molar-refractivity contribution is 1.19. The highest BCUT2D eigenvalue weighted by atomic mass is 79.9. The van der Waals surface area contributed by atoms with E-state index in [1.54, 1.807) is 6.07 Å². The number of aromatic nitrogens is 3. The molecule has 0 unspecified atom stereocenters. The molecule has 2 aromatic rings. The van der Waals surface area contributed by atoms with Gasteiger partial charge in [0.1, 0.15) is 16.2 Å². The Kier molecular flexibility index (Phi) is 2.36. The molecule has 66 valence electrons. The minimum Gasteiger partial charge on any atom is -0.233 e. The normalized spacial score (nSPS) is 10.7. The number of halogens is 3. The van der Waals surface area contributed by atoms with Crippen LogP contribution in [0, 0.1) is 0 Å². The van der Waals surface area contributed by atoms with Crippen LogP contribution in [0.25, 0.3) is 11.0 Å². The molecule has 0 aromatic carbocycles. The van der Waals surface area contributed by atoms with Crippen LogP contribution in [0.15, 0.2) is 16.7 Å². The Bertz CT molecular complexity index is 474. The Hall–Kier alpha value is -0.450. The number of nitrogens with zero attached hydrogens (tertiary/aromatic N) is 3. The summed E-state index contributed by atoms with van der Waals surface area (Å²) in [6, 6.07) is 1.66. The van der Waals surface area contributed by atoms with E-state index in [9.17, 15) is 0 Å². The summed E-state index contributed by atoms with van der Waals surface area (Å²) >= 11 is 14.7. The van der Waals surface area contributed by atoms with E-state index in [-0.39, 0.29) is 5.28 Å². The summed E-state index contributed by atoms with van der Waals surface area (Å²) in [4.78, 5) is 11.8. The Morgan fingerprint density at radius 2 is 2.00 bits per heavy atom. The predicted molar refractivity (Wildman–Crippen MR) is 55.1 cm³/mol. The van der Waals surface area contributed by atoms with Crippen molar-refractivity contribution in [3.8, 4) is 0 Å². The second-order valence-electron chi connectivity index (χ2n) is 2.30. The maximum atomic E-state index is 5.73. The van der Waals surface area contributed by atoms with Gasteiger partial charge in [-0.1, -0.05) is 11.6 Å². The lowest BCUT2D eigenvalue weighted by Gasteiger charge is -1.99. The fourth-order valence-electron chi connectivity index (χ4n) is 0.932. The van der Waals surface area contributed by atoms with Crippen molar-refractivity contribution in [2.45, 2.75) is 0 Å². The van der Waals surface area contributed by atoms with E-state index in [0.29, 0.717) is 16.2 Å². The van der Waals surface area contributed by atoms with Crippen LogP contribution in [0.1, 0.15) is 0 Å². The van der Waals surface area contributed by atoms with E-state index in [1.807, 2.05) is 0 Å². The summed E-state index contributed by atoms with van der Waals surface area (Å²) < 4.78 is 0.756. The highest BCUT2D eigenvalue weighted by molar-refractivity contribution is 9.10. The molecule has 6 heteroatoms. The van der Waals surface area contributed by atoms with Gasteiger partial charge >= 0.3 is 0 Å². The Labute approximate surface area is 92.2 Å². The molecule has 0 aliphatic carbocycles. The zero-order valence-corrected chi connectivity index (χ0v) is 9.23. The smallest absolute Gasteiger partial charge is 0.223 e. The average Bonchev–Trinajstić information content (AvgIpc) is 2.06. The van der Waals surface area contributed by atoms with Crippen molar-refractivity contribution in [2.24, 2.45) is 0 Å². The van der Waals surface area contributed by atoms with Gasteiger partial charge in [-0.3, -0.25) is 0 Å². The van der Waals surface area contributed by atoms with Crippen molar-refractivity contribution in [3.63, 3.8) is 0 Å². The van der Waals surface area contributed by atoms with Gasteiger partial charge in [0.2, 0.25) is 5.28 Å². The van der Waals surface area contributed by atoms with Crippen LogP contribution in [0.2, 0.25) is 10.4 Å². The minimum atomic E-state index is 0.192. The second-order valence-corrected chi connectivity index (χ2v) is 3.88. The quantitative estimate of drug-likeness (QED) is 0.549. The molecule has 0 atom stereocenters. The van der Waals surface area contributed by atoms with Gasteiger partial charge in [0.25, 0.3) is 0 Å². The van der Waals surface area contributed by atoms with E-state index in [0.717, 1.165) is 4.47 Å². The van der Waals surface area contributed by atoms with Gasteiger partial charge in [-0.2, -0.15) is 0 Å². The van der Waals surface area contributed by atoms with Crippen LogP contribution >= 0.6 is 39.1 Å². The second kappa shape index (κ2) is 3.36. The predicted octanol–water partition coefficient (Wildman–Crippen LogP) is 3.09. The van der Waals surface area contributed by atoms with Crippen molar-refractivity contribution in [2.75, 3.05) is 0 Å². The van der Waals surface area contributed by atoms with Crippen molar-refractivity contribution in [1.82, 2.24) is 15.0 Å². The molecule has 0 bridgehead atoms. The van der Waals surface area contributed by atoms with Crippen LogP contribution in [0.3, 0.4) is 0 Å². The molecule has 2 rings (SSSR count). The van der Waals surface area contributed by atoms with Gasteiger partial charge in [0.05, 0.1) is 6.20 Å². The van der Waals surface area contributed by atoms with Crippen molar-refractivity contribution < 1.29 is 0 Å². The van der Waals surface area contributed by atoms with Gasteiger partial charge < -0.3 is 0 Å². The molecule has 0 aliphatic heterocycles. The Morgan fingerprint density at radius 1 is 1.23 bits per heavy atom. The summed E-state index contributed by atoms with van der Waals surface area (Å²) in [7, 11) is 0. The van der Waals surface area contributed by atoms with E-state index in [2.05, 4.69) is 30.9 Å². The van der Waals surface area contributed by atoms with Crippen LogP contribution in [-0.2, 0) is 0 Å². The molecule has 0 saturated carbocycles. The van der Waals surface area contributed by atoms with Gasteiger partial charge in [0, 0.05) is 4.47 Å². The standard InChI is InChI=1S/C7H2BrCl2N3/c8-3-1-5(9)12-4-2-11-7(10)13-6(3)4/h1-2H. The molecule has 0 saturated heterocycles. The molecule has 2 heterocycles. The van der Waals surface area contributed by atoms with Crippen LogP contribution in [-0.4, -0.2) is 15.0 Å². The minimum absolute atomic E-state index is 0.192. The first-order valence-corrected chi connectivity index (χ1v) is 4.86. The highest BCUT2D eigenvalue weighted by Gasteiger charge is 2.04. The fourth-order valence-corrected chi connectivity index (χ4v) is 1.91. The molecule has 0 fully saturated rings. The average molecular weight is 279 g/mol. The maximum absolute atomic E-state index is 5.73. The summed E-state index contributed by atoms with van der Waals surface area (Å²) in [5.41, 5.74) is 1.27. The van der Waals surface area contributed by atoms with Crippen LogP contribution in [0.5, 0.6) is 0 Å². The molecule has 0 amide bonds. The zero-order valence-electron chi connectivity index (χ0n) is 6.13. The SMILES string of the molecule is Clc1cc(Br)c2nc(Cl)ncc2n1. The number of fused-ring (bicyclic) bond motifs is 1. The van der Waals surface area contributed by atoms with Crippen molar-refractivity contribution in [1.29, 1.82) is 0 Å². The third kappa shape index (κ3) is 1.75. The zero-order chi connectivity index (χ0) is 9.42.